The van der Waals surface area contributed by atoms with Gasteiger partial charge in [-0.2, -0.15) is 5.26 Å². The number of nitrogens with zero attached hydrogens (tertiary/aromatic N) is 2. The second-order valence-electron chi connectivity index (χ2n) is 4.90. The summed E-state index contributed by atoms with van der Waals surface area (Å²) in [6, 6.07) is 8.53. The SMILES string of the molecule is CCN(CCC#N)C(=O)[C@H](C)CCc1cccc(F)c1. The first kappa shape index (κ1) is 16.2. The fraction of sp³-hybridized carbons (Fsp3) is 0.500. The highest BCUT2D eigenvalue weighted by atomic mass is 19.1. The topological polar surface area (TPSA) is 44.1 Å². The minimum Gasteiger partial charge on any atom is -0.342 e. The molecule has 0 heterocycles. The molecule has 0 aromatic heterocycles. The summed E-state index contributed by atoms with van der Waals surface area (Å²) >= 11 is 0. The molecule has 1 aromatic rings. The lowest BCUT2D eigenvalue weighted by Crippen LogP contribution is -2.35. The van der Waals surface area contributed by atoms with Crippen molar-refractivity contribution in [2.45, 2.75) is 33.1 Å². The Balaban J connectivity index is 2.50. The van der Waals surface area contributed by atoms with Crippen LogP contribution in [0.2, 0.25) is 0 Å². The van der Waals surface area contributed by atoms with Gasteiger partial charge in [0.2, 0.25) is 5.91 Å². The van der Waals surface area contributed by atoms with Crippen LogP contribution in [0.3, 0.4) is 0 Å². The molecule has 0 saturated heterocycles. The Bertz CT molecular complexity index is 482. The Labute approximate surface area is 120 Å². The molecular formula is C16H21FN2O. The predicted octanol–water partition coefficient (Wildman–Crippen LogP) is 3.16. The van der Waals surface area contributed by atoms with E-state index in [2.05, 4.69) is 6.07 Å². The van der Waals surface area contributed by atoms with Crippen molar-refractivity contribution in [1.29, 1.82) is 5.26 Å². The molecule has 0 fully saturated rings. The van der Waals surface area contributed by atoms with Gasteiger partial charge in [-0.3, -0.25) is 4.79 Å². The van der Waals surface area contributed by atoms with Crippen molar-refractivity contribution in [2.75, 3.05) is 13.1 Å². The molecule has 0 radical (unpaired) electrons. The summed E-state index contributed by atoms with van der Waals surface area (Å²) in [6.07, 6.45) is 1.72. The third kappa shape index (κ3) is 5.00. The smallest absolute Gasteiger partial charge is 0.225 e. The zero-order valence-corrected chi connectivity index (χ0v) is 12.1. The second kappa shape index (κ2) is 8.31. The molecule has 0 unspecified atom stereocenters. The molecule has 4 heteroatoms. The van der Waals surface area contributed by atoms with Crippen molar-refractivity contribution in [2.24, 2.45) is 5.92 Å². The van der Waals surface area contributed by atoms with Crippen molar-refractivity contribution in [3.8, 4) is 6.07 Å². The monoisotopic (exact) mass is 276 g/mol. The van der Waals surface area contributed by atoms with E-state index >= 15 is 0 Å². The first-order valence-corrected chi connectivity index (χ1v) is 6.98. The third-order valence-corrected chi connectivity index (χ3v) is 3.36. The van der Waals surface area contributed by atoms with E-state index < -0.39 is 0 Å². The molecule has 0 N–H and O–H groups in total. The van der Waals surface area contributed by atoms with Crippen LogP contribution in [-0.4, -0.2) is 23.9 Å². The van der Waals surface area contributed by atoms with Crippen LogP contribution in [0.1, 0.15) is 32.3 Å². The lowest BCUT2D eigenvalue weighted by molar-refractivity contribution is -0.134. The standard InChI is InChI=1S/C16H21FN2O/c1-3-19(11-5-10-18)16(20)13(2)8-9-14-6-4-7-15(17)12-14/h4,6-7,12-13H,3,5,8-9,11H2,1-2H3/t13-/m1/s1. The van der Waals surface area contributed by atoms with E-state index in [1.54, 1.807) is 11.0 Å². The van der Waals surface area contributed by atoms with Gasteiger partial charge in [0, 0.05) is 19.0 Å². The molecule has 0 saturated carbocycles. The Hall–Kier alpha value is -1.89. The van der Waals surface area contributed by atoms with Crippen LogP contribution in [0.25, 0.3) is 0 Å². The van der Waals surface area contributed by atoms with E-state index in [9.17, 15) is 9.18 Å². The predicted molar refractivity (Wildman–Crippen MR) is 76.4 cm³/mol. The van der Waals surface area contributed by atoms with Crippen LogP contribution in [-0.2, 0) is 11.2 Å². The Morgan fingerprint density at radius 2 is 2.25 bits per heavy atom. The molecular weight excluding hydrogens is 255 g/mol. The summed E-state index contributed by atoms with van der Waals surface area (Å²) in [5, 5.41) is 8.59. The van der Waals surface area contributed by atoms with Crippen LogP contribution in [0.4, 0.5) is 4.39 Å². The van der Waals surface area contributed by atoms with E-state index in [1.165, 1.54) is 12.1 Å². The number of hydrogen-bond donors (Lipinski definition) is 0. The van der Waals surface area contributed by atoms with Crippen LogP contribution in [0, 0.1) is 23.1 Å². The Morgan fingerprint density at radius 1 is 1.50 bits per heavy atom. The maximum absolute atomic E-state index is 13.1. The molecule has 1 amide bonds. The molecule has 1 rings (SSSR count). The average Bonchev–Trinajstić information content (AvgIpc) is 2.45. The van der Waals surface area contributed by atoms with E-state index in [0.717, 1.165) is 5.56 Å². The zero-order chi connectivity index (χ0) is 15.0. The number of carbonyl (C=O) groups excluding carboxylic acids is 1. The number of halogens is 1. The van der Waals surface area contributed by atoms with Gasteiger partial charge in [0.15, 0.2) is 0 Å². The summed E-state index contributed by atoms with van der Waals surface area (Å²) in [6.45, 7) is 4.90. The minimum absolute atomic E-state index is 0.0687. The molecule has 108 valence electrons. The molecule has 0 aliphatic carbocycles. The molecule has 20 heavy (non-hydrogen) atoms. The summed E-state index contributed by atoms with van der Waals surface area (Å²) in [7, 11) is 0. The van der Waals surface area contributed by atoms with Gasteiger partial charge in [0.25, 0.3) is 0 Å². The normalized spacial score (nSPS) is 11.7. The Kier molecular flexibility index (Phi) is 6.72. The van der Waals surface area contributed by atoms with Gasteiger partial charge in [-0.25, -0.2) is 4.39 Å². The van der Waals surface area contributed by atoms with E-state index in [4.69, 9.17) is 5.26 Å². The lowest BCUT2D eigenvalue weighted by atomic mass is 9.99. The largest absolute Gasteiger partial charge is 0.342 e. The highest BCUT2D eigenvalue weighted by Crippen LogP contribution is 2.13. The minimum atomic E-state index is -0.245. The number of hydrogen-bond acceptors (Lipinski definition) is 2. The van der Waals surface area contributed by atoms with Gasteiger partial charge < -0.3 is 4.90 Å². The van der Waals surface area contributed by atoms with E-state index in [-0.39, 0.29) is 17.6 Å². The number of carbonyl (C=O) groups is 1. The van der Waals surface area contributed by atoms with Gasteiger partial charge in [-0.15, -0.1) is 0 Å². The fourth-order valence-electron chi connectivity index (χ4n) is 2.12. The maximum atomic E-state index is 13.1. The quantitative estimate of drug-likeness (QED) is 0.768. The van der Waals surface area contributed by atoms with Crippen LogP contribution in [0.15, 0.2) is 24.3 Å². The molecule has 0 aliphatic heterocycles. The van der Waals surface area contributed by atoms with Crippen molar-refractivity contribution in [3.63, 3.8) is 0 Å². The zero-order valence-electron chi connectivity index (χ0n) is 12.1. The summed E-state index contributed by atoms with van der Waals surface area (Å²) in [5.41, 5.74) is 0.907. The lowest BCUT2D eigenvalue weighted by Gasteiger charge is -2.23. The van der Waals surface area contributed by atoms with Gasteiger partial charge in [0.05, 0.1) is 12.5 Å². The van der Waals surface area contributed by atoms with Crippen molar-refractivity contribution in [3.05, 3.63) is 35.6 Å². The van der Waals surface area contributed by atoms with Crippen molar-refractivity contribution >= 4 is 5.91 Å². The number of aryl methyl sites for hydroxylation is 1. The average molecular weight is 276 g/mol. The van der Waals surface area contributed by atoms with Gasteiger partial charge in [-0.1, -0.05) is 19.1 Å². The maximum Gasteiger partial charge on any atom is 0.225 e. The van der Waals surface area contributed by atoms with Gasteiger partial charge >= 0.3 is 0 Å². The van der Waals surface area contributed by atoms with Crippen LogP contribution in [0.5, 0.6) is 0 Å². The highest BCUT2D eigenvalue weighted by molar-refractivity contribution is 5.78. The molecule has 3 nitrogen and oxygen atoms in total. The van der Waals surface area contributed by atoms with E-state index in [1.807, 2.05) is 19.9 Å². The molecule has 0 spiro atoms. The number of benzene rings is 1. The highest BCUT2D eigenvalue weighted by Gasteiger charge is 2.18. The third-order valence-electron chi connectivity index (χ3n) is 3.36. The summed E-state index contributed by atoms with van der Waals surface area (Å²) in [4.78, 5) is 13.9. The summed E-state index contributed by atoms with van der Waals surface area (Å²) < 4.78 is 13.1. The summed E-state index contributed by atoms with van der Waals surface area (Å²) in [5.74, 6) is -0.290. The molecule has 1 aromatic carbocycles. The van der Waals surface area contributed by atoms with Crippen molar-refractivity contribution in [1.82, 2.24) is 4.90 Å². The molecule has 0 bridgehead atoms. The Morgan fingerprint density at radius 3 is 2.85 bits per heavy atom. The van der Waals surface area contributed by atoms with Crippen molar-refractivity contribution < 1.29 is 9.18 Å². The van der Waals surface area contributed by atoms with E-state index in [0.29, 0.717) is 32.4 Å². The number of rotatable bonds is 7. The molecule has 0 aliphatic rings. The number of nitriles is 1. The van der Waals surface area contributed by atoms with Gasteiger partial charge in [0.1, 0.15) is 5.82 Å². The van der Waals surface area contributed by atoms with Crippen LogP contribution < -0.4 is 0 Å². The molecule has 1 atom stereocenters. The first-order chi connectivity index (χ1) is 9.58. The fourth-order valence-corrected chi connectivity index (χ4v) is 2.12. The number of amides is 1. The first-order valence-electron chi connectivity index (χ1n) is 6.98. The second-order valence-corrected chi connectivity index (χ2v) is 4.90. The van der Waals surface area contributed by atoms with Gasteiger partial charge in [-0.05, 0) is 37.5 Å². The van der Waals surface area contributed by atoms with Crippen LogP contribution >= 0.6 is 0 Å².